The van der Waals surface area contributed by atoms with Crippen molar-refractivity contribution in [2.45, 2.75) is 72.0 Å². The maximum Gasteiger partial charge on any atom is 0.335 e. The number of nitrogens with zero attached hydrogens (tertiary/aromatic N) is 1. The van der Waals surface area contributed by atoms with E-state index in [1.165, 1.54) is 27.7 Å². The number of fused-ring (bicyclic) bond motifs is 1. The molecule has 4 aromatic rings. The molecule has 7 heteroatoms. The first-order valence-corrected chi connectivity index (χ1v) is 14.4. The molecule has 2 unspecified atom stereocenters. The van der Waals surface area contributed by atoms with E-state index in [-0.39, 0.29) is 12.1 Å². The van der Waals surface area contributed by atoms with Crippen LogP contribution in [0.25, 0.3) is 10.9 Å². The van der Waals surface area contributed by atoms with Gasteiger partial charge in [-0.25, -0.2) is 4.79 Å². The van der Waals surface area contributed by atoms with Crippen molar-refractivity contribution in [3.05, 3.63) is 98.7 Å². The number of rotatable bonds is 9. The standard InChI is InChI=1S/C33H38ClN3O3/c1-19-15-26(16-20(2)31(19)34)40-14-8-13-27-23(5)37(18-24-9-6-10-25(17-24)33(38)39)32-28(27)11-7-12-29(32)30-21(3)35-36-22(30)4/h6-7,9-12,15-17,21-22,30,35-36H,8,13-14,18H2,1-5H3,(H,38,39). The van der Waals surface area contributed by atoms with Crippen molar-refractivity contribution in [1.29, 1.82) is 0 Å². The zero-order valence-electron chi connectivity index (χ0n) is 23.8. The van der Waals surface area contributed by atoms with Crippen LogP contribution in [0.2, 0.25) is 5.02 Å². The lowest BCUT2D eigenvalue weighted by molar-refractivity contribution is 0.0696. The quantitative estimate of drug-likeness (QED) is 0.194. The van der Waals surface area contributed by atoms with Gasteiger partial charge in [-0.3, -0.25) is 10.9 Å². The molecule has 0 spiro atoms. The van der Waals surface area contributed by atoms with Crippen molar-refractivity contribution in [2.24, 2.45) is 0 Å². The summed E-state index contributed by atoms with van der Waals surface area (Å²) in [7, 11) is 0. The summed E-state index contributed by atoms with van der Waals surface area (Å²) in [6.07, 6.45) is 1.75. The summed E-state index contributed by atoms with van der Waals surface area (Å²) >= 11 is 6.33. The highest BCUT2D eigenvalue weighted by Gasteiger charge is 2.33. The number of carboxylic acid groups (broad SMARTS) is 1. The van der Waals surface area contributed by atoms with Crippen LogP contribution < -0.4 is 15.6 Å². The second kappa shape index (κ2) is 11.7. The Morgan fingerprint density at radius 3 is 2.35 bits per heavy atom. The summed E-state index contributed by atoms with van der Waals surface area (Å²) < 4.78 is 8.51. The van der Waals surface area contributed by atoms with E-state index in [0.717, 1.165) is 40.3 Å². The number of benzene rings is 3. The number of aryl methyl sites for hydroxylation is 3. The molecule has 1 fully saturated rings. The van der Waals surface area contributed by atoms with Crippen molar-refractivity contribution < 1.29 is 14.6 Å². The highest BCUT2D eigenvalue weighted by molar-refractivity contribution is 6.32. The first kappa shape index (κ1) is 28.2. The minimum Gasteiger partial charge on any atom is -0.494 e. The van der Waals surface area contributed by atoms with Crippen LogP contribution >= 0.6 is 11.6 Å². The molecule has 6 nitrogen and oxygen atoms in total. The molecule has 0 amide bonds. The van der Waals surface area contributed by atoms with Gasteiger partial charge in [-0.05, 0) is 99.5 Å². The molecule has 3 aromatic carbocycles. The number of carboxylic acids is 1. The van der Waals surface area contributed by atoms with Gasteiger partial charge in [-0.1, -0.05) is 41.9 Å². The molecule has 2 heterocycles. The molecule has 5 rings (SSSR count). The Bertz CT molecular complexity index is 1530. The first-order chi connectivity index (χ1) is 19.2. The second-order valence-electron chi connectivity index (χ2n) is 11.1. The summed E-state index contributed by atoms with van der Waals surface area (Å²) in [6, 6.07) is 18.5. The van der Waals surface area contributed by atoms with Crippen molar-refractivity contribution in [3.63, 3.8) is 0 Å². The Labute approximate surface area is 241 Å². The van der Waals surface area contributed by atoms with Crippen molar-refractivity contribution >= 4 is 28.5 Å². The van der Waals surface area contributed by atoms with Crippen LogP contribution in [0, 0.1) is 20.8 Å². The fraction of sp³-hybridized carbons (Fsp3) is 0.364. The summed E-state index contributed by atoms with van der Waals surface area (Å²) in [6.45, 7) is 11.8. The predicted molar refractivity (Wildman–Crippen MR) is 162 cm³/mol. The van der Waals surface area contributed by atoms with E-state index in [1.54, 1.807) is 12.1 Å². The molecule has 0 saturated carbocycles. The number of ether oxygens (including phenoxy) is 1. The van der Waals surface area contributed by atoms with Gasteiger partial charge in [0.2, 0.25) is 0 Å². The topological polar surface area (TPSA) is 75.5 Å². The maximum absolute atomic E-state index is 11.7. The molecule has 2 atom stereocenters. The highest BCUT2D eigenvalue weighted by Crippen LogP contribution is 2.37. The van der Waals surface area contributed by atoms with Gasteiger partial charge < -0.3 is 14.4 Å². The molecule has 0 bridgehead atoms. The van der Waals surface area contributed by atoms with Gasteiger partial charge in [0.05, 0.1) is 17.7 Å². The number of hydrogen-bond acceptors (Lipinski definition) is 4. The van der Waals surface area contributed by atoms with E-state index >= 15 is 0 Å². The molecule has 0 aliphatic carbocycles. The average molecular weight is 560 g/mol. The summed E-state index contributed by atoms with van der Waals surface area (Å²) in [4.78, 5) is 11.7. The third-order valence-electron chi connectivity index (χ3n) is 8.24. The van der Waals surface area contributed by atoms with Crippen molar-refractivity contribution in [1.82, 2.24) is 15.4 Å². The zero-order valence-corrected chi connectivity index (χ0v) is 24.6. The third kappa shape index (κ3) is 5.49. The molecule has 1 saturated heterocycles. The van der Waals surface area contributed by atoms with Gasteiger partial charge >= 0.3 is 5.97 Å². The summed E-state index contributed by atoms with van der Waals surface area (Å²) in [5.41, 5.74) is 15.2. The number of nitrogens with one attached hydrogen (secondary N) is 2. The Morgan fingerprint density at radius 1 is 1.00 bits per heavy atom. The molecular formula is C33H38ClN3O3. The zero-order chi connectivity index (χ0) is 28.6. The fourth-order valence-corrected chi connectivity index (χ4v) is 6.35. The lowest BCUT2D eigenvalue weighted by atomic mass is 9.87. The third-order valence-corrected chi connectivity index (χ3v) is 8.84. The normalized spacial score (nSPS) is 18.9. The predicted octanol–water partition coefficient (Wildman–Crippen LogP) is 6.95. The molecule has 0 radical (unpaired) electrons. The largest absolute Gasteiger partial charge is 0.494 e. The number of aromatic carboxylic acids is 1. The highest BCUT2D eigenvalue weighted by atomic mass is 35.5. The van der Waals surface area contributed by atoms with Gasteiger partial charge in [-0.15, -0.1) is 0 Å². The van der Waals surface area contributed by atoms with Crippen LogP contribution in [0.5, 0.6) is 5.75 Å². The molecule has 210 valence electrons. The van der Waals surface area contributed by atoms with Gasteiger partial charge in [0.25, 0.3) is 0 Å². The van der Waals surface area contributed by atoms with Gasteiger partial charge in [0.1, 0.15) is 5.75 Å². The van der Waals surface area contributed by atoms with Gasteiger partial charge in [0.15, 0.2) is 0 Å². The minimum absolute atomic E-state index is 0.280. The van der Waals surface area contributed by atoms with E-state index in [1.807, 2.05) is 38.1 Å². The Kier molecular flexibility index (Phi) is 8.22. The number of halogens is 1. The monoisotopic (exact) mass is 559 g/mol. The first-order valence-electron chi connectivity index (χ1n) is 14.0. The van der Waals surface area contributed by atoms with Crippen molar-refractivity contribution in [2.75, 3.05) is 6.61 Å². The minimum atomic E-state index is -0.908. The van der Waals surface area contributed by atoms with Gasteiger partial charge in [-0.2, -0.15) is 0 Å². The van der Waals surface area contributed by atoms with Crippen LogP contribution in [0.15, 0.2) is 54.6 Å². The lowest BCUT2D eigenvalue weighted by Crippen LogP contribution is -2.30. The van der Waals surface area contributed by atoms with E-state index in [9.17, 15) is 9.90 Å². The molecule has 1 aliphatic heterocycles. The smallest absolute Gasteiger partial charge is 0.335 e. The number of carbonyl (C=O) groups is 1. The lowest BCUT2D eigenvalue weighted by Gasteiger charge is -2.21. The van der Waals surface area contributed by atoms with Crippen LogP contribution in [0.3, 0.4) is 0 Å². The van der Waals surface area contributed by atoms with E-state index < -0.39 is 5.97 Å². The SMILES string of the molecule is Cc1cc(OCCCc2c(C)n(Cc3cccc(C(=O)O)c3)c3c(C4C(C)NNC4C)cccc23)cc(C)c1Cl. The number of aromatic nitrogens is 1. The number of hydrazine groups is 1. The molecule has 40 heavy (non-hydrogen) atoms. The van der Waals surface area contributed by atoms with E-state index in [4.69, 9.17) is 16.3 Å². The Hall–Kier alpha value is -3.32. The van der Waals surface area contributed by atoms with Crippen LogP contribution in [-0.2, 0) is 13.0 Å². The van der Waals surface area contributed by atoms with Crippen molar-refractivity contribution in [3.8, 4) is 5.75 Å². The van der Waals surface area contributed by atoms with E-state index in [2.05, 4.69) is 54.4 Å². The molecular weight excluding hydrogens is 522 g/mol. The molecule has 1 aliphatic rings. The molecule has 3 N–H and O–H groups in total. The Morgan fingerprint density at radius 2 is 1.68 bits per heavy atom. The average Bonchev–Trinajstić information content (AvgIpc) is 3.40. The number of para-hydroxylation sites is 1. The molecule has 1 aromatic heterocycles. The Balaban J connectivity index is 1.49. The maximum atomic E-state index is 11.7. The van der Waals surface area contributed by atoms with Gasteiger partial charge in [0, 0.05) is 40.6 Å². The van der Waals surface area contributed by atoms with Crippen LogP contribution in [0.4, 0.5) is 0 Å². The number of hydrogen-bond donors (Lipinski definition) is 3. The van der Waals surface area contributed by atoms with Crippen LogP contribution in [-0.4, -0.2) is 34.3 Å². The second-order valence-corrected chi connectivity index (χ2v) is 11.5. The van der Waals surface area contributed by atoms with E-state index in [0.29, 0.717) is 24.6 Å². The van der Waals surface area contributed by atoms with Crippen LogP contribution in [0.1, 0.15) is 70.1 Å². The summed E-state index contributed by atoms with van der Waals surface area (Å²) in [5, 5.41) is 11.6. The fourth-order valence-electron chi connectivity index (χ4n) is 6.24. The summed E-state index contributed by atoms with van der Waals surface area (Å²) in [5.74, 6) is 0.243.